The molecule has 1 aromatic rings. The van der Waals surface area contributed by atoms with E-state index in [2.05, 4.69) is 10.6 Å². The summed E-state index contributed by atoms with van der Waals surface area (Å²) < 4.78 is 0. The van der Waals surface area contributed by atoms with Crippen LogP contribution in [-0.2, 0) is 4.79 Å². The topological polar surface area (TPSA) is 87.5 Å². The van der Waals surface area contributed by atoms with Crippen LogP contribution in [0.2, 0.25) is 0 Å². The quantitative estimate of drug-likeness (QED) is 0.753. The lowest BCUT2D eigenvalue weighted by Crippen LogP contribution is -2.28. The lowest BCUT2D eigenvalue weighted by atomic mass is 10.2. The van der Waals surface area contributed by atoms with Crippen LogP contribution in [0.5, 0.6) is 0 Å². The summed E-state index contributed by atoms with van der Waals surface area (Å²) >= 11 is 0. The molecule has 3 amide bonds. The van der Waals surface area contributed by atoms with E-state index in [4.69, 9.17) is 5.73 Å². The highest BCUT2D eigenvalue weighted by Gasteiger charge is 2.21. The molecule has 1 aromatic carbocycles. The summed E-state index contributed by atoms with van der Waals surface area (Å²) in [6.07, 6.45) is 0.272. The number of amides is 3. The lowest BCUT2D eigenvalue weighted by molar-refractivity contribution is -0.116. The number of rotatable bonds is 4. The van der Waals surface area contributed by atoms with Gasteiger partial charge in [-0.1, -0.05) is 6.07 Å². The van der Waals surface area contributed by atoms with Gasteiger partial charge in [-0.25, -0.2) is 4.79 Å². The fourth-order valence-electron chi connectivity index (χ4n) is 1.97. The zero-order valence-electron chi connectivity index (χ0n) is 10.8. The molecule has 0 aromatic heterocycles. The SMILES string of the molecule is CC(N)CC(=O)Nc1cccc(N2CCNC2=O)c1. The van der Waals surface area contributed by atoms with Gasteiger partial charge in [0.05, 0.1) is 0 Å². The number of nitrogens with one attached hydrogen (secondary N) is 2. The molecule has 6 heteroatoms. The Labute approximate surface area is 112 Å². The highest BCUT2D eigenvalue weighted by atomic mass is 16.2. The summed E-state index contributed by atoms with van der Waals surface area (Å²) in [5.74, 6) is -0.127. The third-order valence-corrected chi connectivity index (χ3v) is 2.81. The Hall–Kier alpha value is -2.08. The maximum absolute atomic E-state index is 11.6. The van der Waals surface area contributed by atoms with Crippen LogP contribution in [0.1, 0.15) is 13.3 Å². The summed E-state index contributed by atoms with van der Waals surface area (Å²) in [5, 5.41) is 5.51. The Morgan fingerprint density at radius 3 is 3.00 bits per heavy atom. The van der Waals surface area contributed by atoms with Gasteiger partial charge in [0.2, 0.25) is 5.91 Å². The van der Waals surface area contributed by atoms with E-state index in [-0.39, 0.29) is 24.4 Å². The minimum absolute atomic E-state index is 0.112. The van der Waals surface area contributed by atoms with Crippen LogP contribution >= 0.6 is 0 Å². The van der Waals surface area contributed by atoms with E-state index in [1.165, 1.54) is 0 Å². The largest absolute Gasteiger partial charge is 0.336 e. The van der Waals surface area contributed by atoms with E-state index >= 15 is 0 Å². The first kappa shape index (κ1) is 13.4. The Balaban J connectivity index is 2.07. The number of nitrogens with two attached hydrogens (primary N) is 1. The first-order valence-corrected chi connectivity index (χ1v) is 6.27. The average Bonchev–Trinajstić information content (AvgIpc) is 2.74. The van der Waals surface area contributed by atoms with Crippen LogP contribution in [0, 0.1) is 0 Å². The van der Waals surface area contributed by atoms with E-state index in [9.17, 15) is 9.59 Å². The van der Waals surface area contributed by atoms with Crippen LogP contribution in [0.25, 0.3) is 0 Å². The van der Waals surface area contributed by atoms with Crippen molar-refractivity contribution < 1.29 is 9.59 Å². The van der Waals surface area contributed by atoms with E-state index < -0.39 is 0 Å². The molecule has 102 valence electrons. The van der Waals surface area contributed by atoms with Gasteiger partial charge in [0, 0.05) is 36.9 Å². The van der Waals surface area contributed by atoms with E-state index in [1.807, 2.05) is 12.1 Å². The molecular formula is C13H18N4O2. The lowest BCUT2D eigenvalue weighted by Gasteiger charge is -2.15. The number of urea groups is 1. The summed E-state index contributed by atoms with van der Waals surface area (Å²) in [6, 6.07) is 6.93. The van der Waals surface area contributed by atoms with Crippen LogP contribution in [0.3, 0.4) is 0 Å². The van der Waals surface area contributed by atoms with E-state index in [0.717, 1.165) is 5.69 Å². The first-order valence-electron chi connectivity index (χ1n) is 6.27. The maximum atomic E-state index is 11.6. The van der Waals surface area contributed by atoms with Crippen molar-refractivity contribution in [2.45, 2.75) is 19.4 Å². The van der Waals surface area contributed by atoms with Crippen LogP contribution in [-0.4, -0.2) is 31.1 Å². The Morgan fingerprint density at radius 2 is 2.37 bits per heavy atom. The van der Waals surface area contributed by atoms with E-state index in [1.54, 1.807) is 24.0 Å². The van der Waals surface area contributed by atoms with Gasteiger partial charge in [0.15, 0.2) is 0 Å². The van der Waals surface area contributed by atoms with Crippen molar-refractivity contribution in [3.63, 3.8) is 0 Å². The summed E-state index contributed by atoms with van der Waals surface area (Å²) in [4.78, 5) is 24.8. The molecule has 0 radical (unpaired) electrons. The minimum Gasteiger partial charge on any atom is -0.336 e. The third kappa shape index (κ3) is 3.45. The average molecular weight is 262 g/mol. The molecule has 1 heterocycles. The molecular weight excluding hydrogens is 244 g/mol. The minimum atomic E-state index is -0.174. The Morgan fingerprint density at radius 1 is 1.58 bits per heavy atom. The summed E-state index contributed by atoms with van der Waals surface area (Å²) in [7, 11) is 0. The Bertz CT molecular complexity index is 487. The fourth-order valence-corrected chi connectivity index (χ4v) is 1.97. The van der Waals surface area contributed by atoms with Gasteiger partial charge in [-0.15, -0.1) is 0 Å². The standard InChI is InChI=1S/C13H18N4O2/c1-9(14)7-12(18)16-10-3-2-4-11(8-10)17-6-5-15-13(17)19/h2-4,8-9H,5-7,14H2,1H3,(H,15,19)(H,16,18). The highest BCUT2D eigenvalue weighted by molar-refractivity contribution is 5.96. The second kappa shape index (κ2) is 5.71. The van der Waals surface area contributed by atoms with Gasteiger partial charge in [0.1, 0.15) is 0 Å². The molecule has 1 fully saturated rings. The monoisotopic (exact) mass is 262 g/mol. The number of benzene rings is 1. The molecule has 2 rings (SSSR count). The van der Waals surface area contributed by atoms with E-state index in [0.29, 0.717) is 18.8 Å². The predicted octanol–water partition coefficient (Wildman–Crippen LogP) is 0.892. The van der Waals surface area contributed by atoms with Crippen LogP contribution in [0.15, 0.2) is 24.3 Å². The smallest absolute Gasteiger partial charge is 0.321 e. The van der Waals surface area contributed by atoms with Gasteiger partial charge >= 0.3 is 6.03 Å². The fraction of sp³-hybridized carbons (Fsp3) is 0.385. The number of nitrogens with zero attached hydrogens (tertiary/aromatic N) is 1. The van der Waals surface area contributed by atoms with Crippen molar-refractivity contribution in [2.75, 3.05) is 23.3 Å². The molecule has 0 spiro atoms. The normalized spacial score (nSPS) is 16.1. The summed E-state index contributed by atoms with van der Waals surface area (Å²) in [5.41, 5.74) is 7.01. The molecule has 1 saturated heterocycles. The summed E-state index contributed by atoms with van der Waals surface area (Å²) in [6.45, 7) is 3.06. The molecule has 0 aliphatic carbocycles. The molecule has 1 aliphatic rings. The zero-order chi connectivity index (χ0) is 13.8. The molecule has 0 bridgehead atoms. The van der Waals surface area contributed by atoms with Crippen LogP contribution in [0.4, 0.5) is 16.2 Å². The number of carbonyl (C=O) groups excluding carboxylic acids is 2. The highest BCUT2D eigenvalue weighted by Crippen LogP contribution is 2.21. The van der Waals surface area contributed by atoms with Crippen molar-refractivity contribution >= 4 is 23.3 Å². The zero-order valence-corrected chi connectivity index (χ0v) is 10.8. The molecule has 4 N–H and O–H groups in total. The maximum Gasteiger partial charge on any atom is 0.321 e. The van der Waals surface area contributed by atoms with Gasteiger partial charge < -0.3 is 16.4 Å². The molecule has 1 aliphatic heterocycles. The number of hydrogen-bond donors (Lipinski definition) is 3. The molecule has 0 saturated carbocycles. The van der Waals surface area contributed by atoms with Crippen molar-refractivity contribution in [1.82, 2.24) is 5.32 Å². The molecule has 1 atom stereocenters. The van der Waals surface area contributed by atoms with Gasteiger partial charge in [0.25, 0.3) is 0 Å². The number of carbonyl (C=O) groups is 2. The van der Waals surface area contributed by atoms with Gasteiger partial charge in [-0.05, 0) is 25.1 Å². The van der Waals surface area contributed by atoms with Crippen molar-refractivity contribution in [1.29, 1.82) is 0 Å². The third-order valence-electron chi connectivity index (χ3n) is 2.81. The van der Waals surface area contributed by atoms with Crippen molar-refractivity contribution in [3.05, 3.63) is 24.3 Å². The van der Waals surface area contributed by atoms with Gasteiger partial charge in [-0.3, -0.25) is 9.69 Å². The molecule has 19 heavy (non-hydrogen) atoms. The van der Waals surface area contributed by atoms with Crippen molar-refractivity contribution in [3.8, 4) is 0 Å². The Kier molecular flexibility index (Phi) is 4.01. The van der Waals surface area contributed by atoms with Crippen LogP contribution < -0.4 is 21.3 Å². The second-order valence-electron chi connectivity index (χ2n) is 4.66. The number of hydrogen-bond acceptors (Lipinski definition) is 3. The predicted molar refractivity (Wildman–Crippen MR) is 74.1 cm³/mol. The van der Waals surface area contributed by atoms with Crippen molar-refractivity contribution in [2.24, 2.45) is 5.73 Å². The second-order valence-corrected chi connectivity index (χ2v) is 4.66. The first-order chi connectivity index (χ1) is 9.06. The van der Waals surface area contributed by atoms with Gasteiger partial charge in [-0.2, -0.15) is 0 Å². The molecule has 6 nitrogen and oxygen atoms in total. The number of anilines is 2. The molecule has 1 unspecified atom stereocenters.